The molecule has 1 aromatic rings. The maximum Gasteiger partial charge on any atom is 0.325 e. The van der Waals surface area contributed by atoms with Crippen LogP contribution in [0.4, 0.5) is 4.79 Å². The first kappa shape index (κ1) is 18.3. The molecule has 4 amide bonds. The van der Waals surface area contributed by atoms with Crippen LogP contribution in [0.5, 0.6) is 0 Å². The lowest BCUT2D eigenvalue weighted by Crippen LogP contribution is -2.41. The standard InChI is InChI=1S/C17H23N3O3S/c1-12(2)10-14-16(22)20(17(23)19-14)11-15(21)18-8-9-24-13-6-4-3-5-7-13/h3-7,12,14H,8-11H2,1-2H3,(H,18,21)(H,19,23)/t14-/m1/s1. The molecule has 1 aromatic carbocycles. The predicted octanol–water partition coefficient (Wildman–Crippen LogP) is 1.86. The highest BCUT2D eigenvalue weighted by molar-refractivity contribution is 7.99. The van der Waals surface area contributed by atoms with Crippen LogP contribution in [0.1, 0.15) is 20.3 Å². The quantitative estimate of drug-likeness (QED) is 0.427. The number of hydrogen-bond donors (Lipinski definition) is 2. The SMILES string of the molecule is CC(C)C[C@H]1NC(=O)N(CC(=O)NCCSc2ccccc2)C1=O. The fraction of sp³-hybridized carbons (Fsp3) is 0.471. The van der Waals surface area contributed by atoms with Gasteiger partial charge in [0.05, 0.1) is 0 Å². The highest BCUT2D eigenvalue weighted by atomic mass is 32.2. The third-order valence-electron chi connectivity index (χ3n) is 3.55. The number of amides is 4. The number of thioether (sulfide) groups is 1. The average molecular weight is 349 g/mol. The zero-order chi connectivity index (χ0) is 17.5. The topological polar surface area (TPSA) is 78.5 Å². The van der Waals surface area contributed by atoms with E-state index in [0.717, 1.165) is 15.5 Å². The Morgan fingerprint density at radius 2 is 2.00 bits per heavy atom. The predicted molar refractivity (Wildman–Crippen MR) is 93.7 cm³/mol. The number of benzene rings is 1. The molecule has 0 aliphatic carbocycles. The van der Waals surface area contributed by atoms with E-state index in [0.29, 0.717) is 18.9 Å². The summed E-state index contributed by atoms with van der Waals surface area (Å²) in [6.45, 7) is 4.23. The summed E-state index contributed by atoms with van der Waals surface area (Å²) >= 11 is 1.64. The zero-order valence-electron chi connectivity index (χ0n) is 14.0. The number of carbonyl (C=O) groups is 3. The Labute approximate surface area is 146 Å². The van der Waals surface area contributed by atoms with E-state index in [1.807, 2.05) is 44.2 Å². The minimum atomic E-state index is -0.515. The van der Waals surface area contributed by atoms with Crippen molar-refractivity contribution in [2.75, 3.05) is 18.8 Å². The van der Waals surface area contributed by atoms with Gasteiger partial charge in [0.1, 0.15) is 12.6 Å². The number of rotatable bonds is 8. The van der Waals surface area contributed by atoms with Crippen molar-refractivity contribution in [2.24, 2.45) is 5.92 Å². The molecule has 0 unspecified atom stereocenters. The van der Waals surface area contributed by atoms with Gasteiger partial charge in [-0.25, -0.2) is 4.79 Å². The van der Waals surface area contributed by atoms with Gasteiger partial charge in [-0.05, 0) is 24.5 Å². The van der Waals surface area contributed by atoms with Crippen LogP contribution < -0.4 is 10.6 Å². The minimum absolute atomic E-state index is 0.227. The van der Waals surface area contributed by atoms with Crippen molar-refractivity contribution in [2.45, 2.75) is 31.2 Å². The molecule has 2 N–H and O–H groups in total. The summed E-state index contributed by atoms with van der Waals surface area (Å²) in [5.41, 5.74) is 0. The van der Waals surface area contributed by atoms with Crippen LogP contribution in [0, 0.1) is 5.92 Å². The minimum Gasteiger partial charge on any atom is -0.354 e. The van der Waals surface area contributed by atoms with Crippen LogP contribution in [-0.4, -0.2) is 47.6 Å². The smallest absolute Gasteiger partial charge is 0.325 e. The largest absolute Gasteiger partial charge is 0.354 e. The molecule has 7 heteroatoms. The second-order valence-corrected chi connectivity index (χ2v) is 7.24. The molecule has 1 fully saturated rings. The lowest BCUT2D eigenvalue weighted by atomic mass is 10.0. The summed E-state index contributed by atoms with van der Waals surface area (Å²) < 4.78 is 0. The van der Waals surface area contributed by atoms with Crippen LogP contribution in [0.15, 0.2) is 35.2 Å². The molecule has 1 aliphatic rings. The zero-order valence-corrected chi connectivity index (χ0v) is 14.8. The van der Waals surface area contributed by atoms with Crippen molar-refractivity contribution in [1.29, 1.82) is 0 Å². The Hall–Kier alpha value is -2.02. The van der Waals surface area contributed by atoms with Crippen molar-refractivity contribution in [3.05, 3.63) is 30.3 Å². The first-order valence-electron chi connectivity index (χ1n) is 8.03. The molecule has 1 atom stereocenters. The molecule has 1 aliphatic heterocycles. The second-order valence-electron chi connectivity index (χ2n) is 6.07. The Kier molecular flexibility index (Phi) is 6.66. The van der Waals surface area contributed by atoms with Gasteiger partial charge in [-0.3, -0.25) is 14.5 Å². The van der Waals surface area contributed by atoms with Crippen LogP contribution in [0.25, 0.3) is 0 Å². The van der Waals surface area contributed by atoms with E-state index in [1.165, 1.54) is 0 Å². The Bertz CT molecular complexity index is 592. The van der Waals surface area contributed by atoms with Gasteiger partial charge in [-0.15, -0.1) is 11.8 Å². The van der Waals surface area contributed by atoms with Crippen molar-refractivity contribution in [3.63, 3.8) is 0 Å². The molecule has 0 bridgehead atoms. The molecule has 0 radical (unpaired) electrons. The van der Waals surface area contributed by atoms with Gasteiger partial charge in [-0.2, -0.15) is 0 Å². The van der Waals surface area contributed by atoms with Crippen LogP contribution in [0.2, 0.25) is 0 Å². The molecule has 2 rings (SSSR count). The normalized spacial score (nSPS) is 17.3. The van der Waals surface area contributed by atoms with E-state index in [9.17, 15) is 14.4 Å². The number of carbonyl (C=O) groups excluding carboxylic acids is 3. The molecular formula is C17H23N3O3S. The Morgan fingerprint density at radius 3 is 2.67 bits per heavy atom. The molecule has 6 nitrogen and oxygen atoms in total. The molecule has 24 heavy (non-hydrogen) atoms. The summed E-state index contributed by atoms with van der Waals surface area (Å²) in [6.07, 6.45) is 0.580. The van der Waals surface area contributed by atoms with Gasteiger partial charge in [-0.1, -0.05) is 32.0 Å². The van der Waals surface area contributed by atoms with E-state index < -0.39 is 12.1 Å². The first-order valence-corrected chi connectivity index (χ1v) is 9.02. The maximum atomic E-state index is 12.2. The number of urea groups is 1. The second kappa shape index (κ2) is 8.73. The van der Waals surface area contributed by atoms with E-state index >= 15 is 0 Å². The van der Waals surface area contributed by atoms with Crippen molar-refractivity contribution >= 4 is 29.6 Å². The number of hydrogen-bond acceptors (Lipinski definition) is 4. The molecule has 1 saturated heterocycles. The molecule has 130 valence electrons. The Morgan fingerprint density at radius 1 is 1.29 bits per heavy atom. The highest BCUT2D eigenvalue weighted by Gasteiger charge is 2.38. The van der Waals surface area contributed by atoms with E-state index in [4.69, 9.17) is 0 Å². The summed E-state index contributed by atoms with van der Waals surface area (Å²) in [7, 11) is 0. The average Bonchev–Trinajstić information content (AvgIpc) is 2.79. The number of imide groups is 1. The van der Waals surface area contributed by atoms with Gasteiger partial charge in [0.15, 0.2) is 0 Å². The highest BCUT2D eigenvalue weighted by Crippen LogP contribution is 2.16. The van der Waals surface area contributed by atoms with E-state index in [2.05, 4.69) is 10.6 Å². The lowest BCUT2D eigenvalue weighted by Gasteiger charge is -2.13. The molecule has 0 spiro atoms. The van der Waals surface area contributed by atoms with Gasteiger partial charge in [0.25, 0.3) is 5.91 Å². The summed E-state index contributed by atoms with van der Waals surface area (Å²) in [5, 5.41) is 5.38. The number of nitrogens with one attached hydrogen (secondary N) is 2. The molecule has 0 aromatic heterocycles. The maximum absolute atomic E-state index is 12.2. The van der Waals surface area contributed by atoms with E-state index in [1.54, 1.807) is 11.8 Å². The van der Waals surface area contributed by atoms with Gasteiger partial charge in [0.2, 0.25) is 5.91 Å². The van der Waals surface area contributed by atoms with Crippen LogP contribution in [0.3, 0.4) is 0 Å². The monoisotopic (exact) mass is 349 g/mol. The molecule has 1 heterocycles. The summed E-state index contributed by atoms with van der Waals surface area (Å²) in [4.78, 5) is 38.1. The number of nitrogens with zero attached hydrogens (tertiary/aromatic N) is 1. The molecular weight excluding hydrogens is 326 g/mol. The summed E-state index contributed by atoms with van der Waals surface area (Å²) in [6, 6.07) is 8.90. The fourth-order valence-electron chi connectivity index (χ4n) is 2.43. The third kappa shape index (κ3) is 5.26. The van der Waals surface area contributed by atoms with Crippen molar-refractivity contribution in [1.82, 2.24) is 15.5 Å². The van der Waals surface area contributed by atoms with Gasteiger partial charge in [0, 0.05) is 17.2 Å². The summed E-state index contributed by atoms with van der Waals surface area (Å²) in [5.74, 6) is 0.384. The van der Waals surface area contributed by atoms with Crippen molar-refractivity contribution < 1.29 is 14.4 Å². The molecule has 0 saturated carbocycles. The van der Waals surface area contributed by atoms with E-state index in [-0.39, 0.29) is 18.4 Å². The van der Waals surface area contributed by atoms with Gasteiger partial charge < -0.3 is 10.6 Å². The van der Waals surface area contributed by atoms with Gasteiger partial charge >= 0.3 is 6.03 Å². The first-order chi connectivity index (χ1) is 11.5. The van der Waals surface area contributed by atoms with Crippen LogP contribution in [-0.2, 0) is 9.59 Å². The fourth-order valence-corrected chi connectivity index (χ4v) is 3.22. The lowest BCUT2D eigenvalue weighted by molar-refractivity contribution is -0.132. The van der Waals surface area contributed by atoms with Crippen LogP contribution >= 0.6 is 11.8 Å². The van der Waals surface area contributed by atoms with Crippen molar-refractivity contribution in [3.8, 4) is 0 Å². The third-order valence-corrected chi connectivity index (χ3v) is 4.57. The Balaban J connectivity index is 1.72.